The molecular formula is C12H13NO3. The molecule has 1 aromatic rings. The fraction of sp³-hybridized carbons (Fsp3) is 0.333. The Morgan fingerprint density at radius 3 is 2.81 bits per heavy atom. The van der Waals surface area contributed by atoms with Gasteiger partial charge in [-0.1, -0.05) is 6.08 Å². The van der Waals surface area contributed by atoms with Gasteiger partial charge < -0.3 is 4.74 Å². The molecule has 0 saturated carbocycles. The number of methoxy groups -OCH3 is 1. The third kappa shape index (κ3) is 1.91. The summed E-state index contributed by atoms with van der Waals surface area (Å²) >= 11 is 0. The van der Waals surface area contributed by atoms with Crippen molar-refractivity contribution >= 4 is 11.3 Å². The highest BCUT2D eigenvalue weighted by molar-refractivity contribution is 5.70. The SMILES string of the molecule is COc1cc(C2=CCCC2)ccc1[N+](=O)[O-]. The van der Waals surface area contributed by atoms with Crippen LogP contribution in [-0.4, -0.2) is 12.0 Å². The monoisotopic (exact) mass is 219 g/mol. The van der Waals surface area contributed by atoms with Crippen molar-refractivity contribution < 1.29 is 9.66 Å². The molecule has 0 saturated heterocycles. The van der Waals surface area contributed by atoms with E-state index in [2.05, 4.69) is 6.08 Å². The van der Waals surface area contributed by atoms with Crippen molar-refractivity contribution in [3.05, 3.63) is 40.0 Å². The van der Waals surface area contributed by atoms with Crippen LogP contribution in [-0.2, 0) is 0 Å². The first-order valence-corrected chi connectivity index (χ1v) is 5.24. The molecule has 84 valence electrons. The van der Waals surface area contributed by atoms with Crippen LogP contribution in [0.25, 0.3) is 5.57 Å². The molecular weight excluding hydrogens is 206 g/mol. The maximum Gasteiger partial charge on any atom is 0.310 e. The molecule has 1 aromatic carbocycles. The molecule has 0 bridgehead atoms. The smallest absolute Gasteiger partial charge is 0.310 e. The Labute approximate surface area is 93.7 Å². The van der Waals surface area contributed by atoms with Crippen molar-refractivity contribution in [3.8, 4) is 5.75 Å². The normalized spacial score (nSPS) is 14.7. The van der Waals surface area contributed by atoms with E-state index in [0.717, 1.165) is 24.8 Å². The van der Waals surface area contributed by atoms with E-state index >= 15 is 0 Å². The minimum atomic E-state index is -0.425. The predicted molar refractivity (Wildman–Crippen MR) is 61.5 cm³/mol. The lowest BCUT2D eigenvalue weighted by Gasteiger charge is -2.06. The van der Waals surface area contributed by atoms with E-state index in [0.29, 0.717) is 5.75 Å². The molecule has 0 unspecified atom stereocenters. The summed E-state index contributed by atoms with van der Waals surface area (Å²) in [6.07, 6.45) is 5.48. The van der Waals surface area contributed by atoms with Gasteiger partial charge in [-0.25, -0.2) is 0 Å². The summed E-state index contributed by atoms with van der Waals surface area (Å²) in [6.45, 7) is 0. The molecule has 0 heterocycles. The lowest BCUT2D eigenvalue weighted by Crippen LogP contribution is -1.94. The molecule has 2 rings (SSSR count). The number of ether oxygens (including phenoxy) is 1. The van der Waals surface area contributed by atoms with Gasteiger partial charge in [-0.15, -0.1) is 0 Å². The van der Waals surface area contributed by atoms with E-state index in [1.165, 1.54) is 18.7 Å². The molecule has 0 amide bonds. The van der Waals surface area contributed by atoms with Gasteiger partial charge in [0.1, 0.15) is 0 Å². The van der Waals surface area contributed by atoms with E-state index in [9.17, 15) is 10.1 Å². The quantitative estimate of drug-likeness (QED) is 0.579. The fourth-order valence-corrected chi connectivity index (χ4v) is 1.96. The molecule has 1 aliphatic carbocycles. The molecule has 0 radical (unpaired) electrons. The largest absolute Gasteiger partial charge is 0.490 e. The van der Waals surface area contributed by atoms with Gasteiger partial charge in [-0.05, 0) is 42.5 Å². The summed E-state index contributed by atoms with van der Waals surface area (Å²) in [5, 5.41) is 10.7. The van der Waals surface area contributed by atoms with Crippen LogP contribution < -0.4 is 4.74 Å². The van der Waals surface area contributed by atoms with Crippen molar-refractivity contribution in [2.75, 3.05) is 7.11 Å². The highest BCUT2D eigenvalue weighted by Crippen LogP contribution is 2.34. The van der Waals surface area contributed by atoms with Gasteiger partial charge in [0.2, 0.25) is 0 Å². The van der Waals surface area contributed by atoms with Crippen LogP contribution in [0.5, 0.6) is 5.75 Å². The summed E-state index contributed by atoms with van der Waals surface area (Å²) < 4.78 is 5.04. The van der Waals surface area contributed by atoms with Gasteiger partial charge in [0.25, 0.3) is 0 Å². The highest BCUT2D eigenvalue weighted by atomic mass is 16.6. The first-order chi connectivity index (χ1) is 7.72. The maximum atomic E-state index is 10.7. The van der Waals surface area contributed by atoms with E-state index in [-0.39, 0.29) is 5.69 Å². The Morgan fingerprint density at radius 1 is 1.44 bits per heavy atom. The molecule has 0 spiro atoms. The van der Waals surface area contributed by atoms with Crippen LogP contribution in [0.3, 0.4) is 0 Å². The van der Waals surface area contributed by atoms with Gasteiger partial charge in [0.05, 0.1) is 12.0 Å². The molecule has 0 aliphatic heterocycles. The van der Waals surface area contributed by atoms with Crippen LogP contribution in [0, 0.1) is 10.1 Å². The zero-order chi connectivity index (χ0) is 11.5. The lowest BCUT2D eigenvalue weighted by atomic mass is 10.0. The zero-order valence-corrected chi connectivity index (χ0v) is 9.10. The van der Waals surface area contributed by atoms with Crippen molar-refractivity contribution in [3.63, 3.8) is 0 Å². The Bertz CT molecular complexity index is 452. The second-order valence-electron chi connectivity index (χ2n) is 3.77. The maximum absolute atomic E-state index is 10.7. The minimum Gasteiger partial charge on any atom is -0.490 e. The molecule has 0 aromatic heterocycles. The van der Waals surface area contributed by atoms with Gasteiger partial charge in [0, 0.05) is 6.07 Å². The first kappa shape index (κ1) is 10.7. The van der Waals surface area contributed by atoms with Gasteiger partial charge in [-0.3, -0.25) is 10.1 Å². The van der Waals surface area contributed by atoms with Crippen LogP contribution in [0.4, 0.5) is 5.69 Å². The molecule has 4 nitrogen and oxygen atoms in total. The van der Waals surface area contributed by atoms with Crippen molar-refractivity contribution in [2.24, 2.45) is 0 Å². The van der Waals surface area contributed by atoms with Crippen molar-refractivity contribution in [2.45, 2.75) is 19.3 Å². The molecule has 0 N–H and O–H groups in total. The standard InChI is InChI=1S/C12H13NO3/c1-16-12-8-10(9-4-2-3-5-9)6-7-11(12)13(14)15/h4,6-8H,2-3,5H2,1H3. The third-order valence-corrected chi connectivity index (χ3v) is 2.79. The number of benzene rings is 1. The molecule has 0 fully saturated rings. The molecule has 4 heteroatoms. The summed E-state index contributed by atoms with van der Waals surface area (Å²) in [6, 6.07) is 5.04. The second-order valence-corrected chi connectivity index (χ2v) is 3.77. The Balaban J connectivity index is 2.40. The second kappa shape index (κ2) is 4.35. The summed E-state index contributed by atoms with van der Waals surface area (Å²) in [7, 11) is 1.45. The number of hydrogen-bond donors (Lipinski definition) is 0. The summed E-state index contributed by atoms with van der Waals surface area (Å²) in [4.78, 5) is 10.3. The van der Waals surface area contributed by atoms with Crippen LogP contribution >= 0.6 is 0 Å². The van der Waals surface area contributed by atoms with Crippen LogP contribution in [0.15, 0.2) is 24.3 Å². The minimum absolute atomic E-state index is 0.0184. The first-order valence-electron chi connectivity index (χ1n) is 5.24. The molecule has 0 atom stereocenters. The van der Waals surface area contributed by atoms with Crippen molar-refractivity contribution in [1.82, 2.24) is 0 Å². The number of nitro groups is 1. The number of allylic oxidation sites excluding steroid dienone is 2. The molecule has 16 heavy (non-hydrogen) atoms. The zero-order valence-electron chi connectivity index (χ0n) is 9.10. The number of rotatable bonds is 3. The van der Waals surface area contributed by atoms with E-state index in [4.69, 9.17) is 4.74 Å². The van der Waals surface area contributed by atoms with E-state index in [1.807, 2.05) is 0 Å². The number of nitrogens with zero attached hydrogens (tertiary/aromatic N) is 1. The lowest BCUT2D eigenvalue weighted by molar-refractivity contribution is -0.385. The van der Waals surface area contributed by atoms with Gasteiger partial charge in [0.15, 0.2) is 5.75 Å². The van der Waals surface area contributed by atoms with Crippen LogP contribution in [0.2, 0.25) is 0 Å². The fourth-order valence-electron chi connectivity index (χ4n) is 1.96. The summed E-state index contributed by atoms with van der Waals surface area (Å²) in [5.74, 6) is 0.329. The average molecular weight is 219 g/mol. The van der Waals surface area contributed by atoms with Crippen molar-refractivity contribution in [1.29, 1.82) is 0 Å². The number of nitro benzene ring substituents is 1. The molecule has 1 aliphatic rings. The number of hydrogen-bond acceptors (Lipinski definition) is 3. The summed E-state index contributed by atoms with van der Waals surface area (Å²) in [5.41, 5.74) is 2.30. The topological polar surface area (TPSA) is 52.4 Å². The van der Waals surface area contributed by atoms with Gasteiger partial charge in [-0.2, -0.15) is 0 Å². The Kier molecular flexibility index (Phi) is 2.90. The Morgan fingerprint density at radius 2 is 2.25 bits per heavy atom. The van der Waals surface area contributed by atoms with Crippen LogP contribution in [0.1, 0.15) is 24.8 Å². The highest BCUT2D eigenvalue weighted by Gasteiger charge is 2.16. The van der Waals surface area contributed by atoms with Gasteiger partial charge >= 0.3 is 5.69 Å². The third-order valence-electron chi connectivity index (χ3n) is 2.79. The predicted octanol–water partition coefficient (Wildman–Crippen LogP) is 3.17. The average Bonchev–Trinajstić information content (AvgIpc) is 2.81. The van der Waals surface area contributed by atoms with E-state index < -0.39 is 4.92 Å². The van der Waals surface area contributed by atoms with E-state index in [1.54, 1.807) is 12.1 Å². The Hall–Kier alpha value is -1.84.